The van der Waals surface area contributed by atoms with Crippen LogP contribution in [-0.2, 0) is 18.1 Å². The average molecular weight is 723 g/mol. The second-order valence-corrected chi connectivity index (χ2v) is 13.6. The predicted octanol–water partition coefficient (Wildman–Crippen LogP) is 5.45. The Balaban J connectivity index is 0.911. The van der Waals surface area contributed by atoms with Gasteiger partial charge >= 0.3 is 5.92 Å². The standard InChI is InChI=1S/C38H37F3N10O2/c1-3-34(24(2)52)50-22-33(43-46-50)26-6-12-30(13-7-26)49-18-16-48(17-19-49)29-10-4-25(5-11-29)27-8-15-35(42-21-27)38(40,41)37(53)23-51-36(44-45-47-51)31-20-28(39)9-14-32(31)37/h4-15,20-22,24,34,52-53H,3,16-19,23H2,1-2H3/t24-,34-,37-/m0/s1. The number of piperazine rings is 1. The molecular formula is C38H37F3N10O2. The van der Waals surface area contributed by atoms with E-state index in [1.807, 2.05) is 49.5 Å². The molecule has 0 unspecified atom stereocenters. The van der Waals surface area contributed by atoms with Gasteiger partial charge in [0.2, 0.25) is 0 Å². The molecule has 3 atom stereocenters. The number of alkyl halides is 2. The molecule has 1 fully saturated rings. The topological polar surface area (TPSA) is 134 Å². The van der Waals surface area contributed by atoms with Gasteiger partial charge in [-0.1, -0.05) is 48.5 Å². The Morgan fingerprint density at radius 1 is 0.830 bits per heavy atom. The molecule has 0 aliphatic carbocycles. The third-order valence-corrected chi connectivity index (χ3v) is 10.4. The highest BCUT2D eigenvalue weighted by Gasteiger charge is 2.59. The molecule has 12 nitrogen and oxygen atoms in total. The largest absolute Gasteiger partial charge is 0.391 e. The number of anilines is 2. The van der Waals surface area contributed by atoms with E-state index in [0.717, 1.165) is 83.7 Å². The van der Waals surface area contributed by atoms with Gasteiger partial charge in [0, 0.05) is 66.0 Å². The van der Waals surface area contributed by atoms with Crippen LogP contribution in [0, 0.1) is 5.82 Å². The van der Waals surface area contributed by atoms with Gasteiger partial charge in [-0.05, 0) is 71.8 Å². The summed E-state index contributed by atoms with van der Waals surface area (Å²) in [6.07, 6.45) is 3.48. The summed E-state index contributed by atoms with van der Waals surface area (Å²) in [7, 11) is 0. The molecule has 8 rings (SSSR count). The maximum absolute atomic E-state index is 16.2. The van der Waals surface area contributed by atoms with Crippen LogP contribution in [0.4, 0.5) is 24.5 Å². The van der Waals surface area contributed by atoms with Crippen LogP contribution in [0.2, 0.25) is 0 Å². The highest BCUT2D eigenvalue weighted by molar-refractivity contribution is 5.68. The number of nitrogens with zero attached hydrogens (tertiary/aromatic N) is 10. The number of aliphatic hydroxyl groups is 2. The fourth-order valence-electron chi connectivity index (χ4n) is 7.35. The Hall–Kier alpha value is -5.67. The van der Waals surface area contributed by atoms with E-state index in [1.165, 1.54) is 12.3 Å². The SMILES string of the molecule is CC[C@@H]([C@H](C)O)n1cc(-c2ccc(N3CCN(c4ccc(-c5ccc(C(F)(F)[C@]6(O)Cn7nnnc7-c7cc(F)ccc76)nc5)cc4)CC3)cc2)nn1. The number of hydrogen-bond acceptors (Lipinski definition) is 10. The molecule has 5 heterocycles. The van der Waals surface area contributed by atoms with Crippen LogP contribution in [0.5, 0.6) is 0 Å². The molecule has 2 N–H and O–H groups in total. The van der Waals surface area contributed by atoms with Gasteiger partial charge in [0.25, 0.3) is 0 Å². The molecule has 3 aromatic heterocycles. The maximum atomic E-state index is 16.2. The minimum Gasteiger partial charge on any atom is -0.391 e. The van der Waals surface area contributed by atoms with Crippen LogP contribution >= 0.6 is 0 Å². The first-order valence-corrected chi connectivity index (χ1v) is 17.5. The lowest BCUT2D eigenvalue weighted by atomic mass is 9.80. The number of fused-ring (bicyclic) bond motifs is 3. The van der Waals surface area contributed by atoms with Gasteiger partial charge in [0.05, 0.1) is 24.9 Å². The normalized spacial score (nSPS) is 18.4. The summed E-state index contributed by atoms with van der Waals surface area (Å²) >= 11 is 0. The number of aliphatic hydroxyl groups excluding tert-OH is 1. The van der Waals surface area contributed by atoms with Crippen molar-refractivity contribution in [2.24, 2.45) is 0 Å². The first-order valence-electron chi connectivity index (χ1n) is 17.5. The van der Waals surface area contributed by atoms with Crippen LogP contribution in [0.25, 0.3) is 33.8 Å². The first-order chi connectivity index (χ1) is 25.6. The average Bonchev–Trinajstić information content (AvgIpc) is 3.86. The Bertz CT molecular complexity index is 2220. The molecule has 0 radical (unpaired) electrons. The summed E-state index contributed by atoms with van der Waals surface area (Å²) in [5, 5.41) is 41.2. The number of hydrogen-bond donors (Lipinski definition) is 2. The summed E-state index contributed by atoms with van der Waals surface area (Å²) in [5.41, 5.74) is 1.77. The number of tetrazole rings is 1. The zero-order chi connectivity index (χ0) is 36.9. The first kappa shape index (κ1) is 34.4. The highest BCUT2D eigenvalue weighted by atomic mass is 19.3. The zero-order valence-corrected chi connectivity index (χ0v) is 29.1. The summed E-state index contributed by atoms with van der Waals surface area (Å²) in [4.78, 5) is 8.75. The van der Waals surface area contributed by atoms with Crippen LogP contribution < -0.4 is 9.80 Å². The molecule has 1 saturated heterocycles. The summed E-state index contributed by atoms with van der Waals surface area (Å²) < 4.78 is 49.2. The van der Waals surface area contributed by atoms with Crippen molar-refractivity contribution in [1.29, 1.82) is 0 Å². The van der Waals surface area contributed by atoms with Crippen LogP contribution in [0.3, 0.4) is 0 Å². The smallest absolute Gasteiger partial charge is 0.323 e. The highest BCUT2D eigenvalue weighted by Crippen LogP contribution is 2.50. The van der Waals surface area contributed by atoms with Gasteiger partial charge in [-0.2, -0.15) is 8.78 Å². The Kier molecular flexibility index (Phi) is 8.69. The van der Waals surface area contributed by atoms with Gasteiger partial charge in [-0.3, -0.25) is 4.98 Å². The molecule has 3 aromatic carbocycles. The molecule has 53 heavy (non-hydrogen) atoms. The van der Waals surface area contributed by atoms with Crippen molar-refractivity contribution in [2.45, 2.75) is 50.5 Å². The molecule has 272 valence electrons. The van der Waals surface area contributed by atoms with E-state index < -0.39 is 35.7 Å². The Morgan fingerprint density at radius 3 is 2.08 bits per heavy atom. The van der Waals surface area contributed by atoms with E-state index in [-0.39, 0.29) is 23.0 Å². The van der Waals surface area contributed by atoms with Gasteiger partial charge < -0.3 is 20.0 Å². The molecule has 15 heteroatoms. The predicted molar refractivity (Wildman–Crippen MR) is 192 cm³/mol. The van der Waals surface area contributed by atoms with Crippen molar-refractivity contribution in [1.82, 2.24) is 40.2 Å². The number of benzene rings is 3. The molecule has 6 aromatic rings. The van der Waals surface area contributed by atoms with E-state index in [9.17, 15) is 14.6 Å². The summed E-state index contributed by atoms with van der Waals surface area (Å²) in [6, 6.07) is 22.0. The van der Waals surface area contributed by atoms with Gasteiger partial charge in [0.15, 0.2) is 11.4 Å². The lowest BCUT2D eigenvalue weighted by Crippen LogP contribution is -2.49. The van der Waals surface area contributed by atoms with E-state index in [0.29, 0.717) is 5.56 Å². The minimum atomic E-state index is -3.87. The van der Waals surface area contributed by atoms with E-state index in [2.05, 4.69) is 52.8 Å². The summed E-state index contributed by atoms with van der Waals surface area (Å²) in [5.74, 6) is -4.43. The third kappa shape index (κ3) is 6.08. The van der Waals surface area contributed by atoms with Gasteiger partial charge in [-0.15, -0.1) is 10.2 Å². The number of pyridine rings is 1. The molecule has 0 spiro atoms. The molecule has 0 bridgehead atoms. The third-order valence-electron chi connectivity index (χ3n) is 10.4. The van der Waals surface area contributed by atoms with E-state index >= 15 is 8.78 Å². The lowest BCUT2D eigenvalue weighted by molar-refractivity contribution is -0.207. The number of halogens is 3. The van der Waals surface area contributed by atoms with Crippen molar-refractivity contribution in [2.75, 3.05) is 36.0 Å². The monoisotopic (exact) mass is 722 g/mol. The van der Waals surface area contributed by atoms with E-state index in [1.54, 1.807) is 17.7 Å². The van der Waals surface area contributed by atoms with Crippen molar-refractivity contribution in [3.8, 4) is 33.8 Å². The van der Waals surface area contributed by atoms with Crippen molar-refractivity contribution in [3.63, 3.8) is 0 Å². The number of rotatable bonds is 9. The minimum absolute atomic E-state index is 0.00565. The second-order valence-electron chi connectivity index (χ2n) is 13.6. The fourth-order valence-corrected chi connectivity index (χ4v) is 7.35. The quantitative estimate of drug-likeness (QED) is 0.199. The summed E-state index contributed by atoms with van der Waals surface area (Å²) in [6.45, 7) is 6.46. The van der Waals surface area contributed by atoms with E-state index in [4.69, 9.17) is 0 Å². The zero-order valence-electron chi connectivity index (χ0n) is 29.1. The Morgan fingerprint density at radius 2 is 1.47 bits per heavy atom. The van der Waals surface area contributed by atoms with Crippen LogP contribution in [-0.4, -0.2) is 82.7 Å². The van der Waals surface area contributed by atoms with Crippen LogP contribution in [0.1, 0.15) is 37.6 Å². The lowest BCUT2D eigenvalue weighted by Gasteiger charge is -2.39. The van der Waals surface area contributed by atoms with Crippen molar-refractivity contribution in [3.05, 3.63) is 108 Å². The van der Waals surface area contributed by atoms with Gasteiger partial charge in [0.1, 0.15) is 17.2 Å². The van der Waals surface area contributed by atoms with Crippen molar-refractivity contribution >= 4 is 11.4 Å². The van der Waals surface area contributed by atoms with Crippen molar-refractivity contribution < 1.29 is 23.4 Å². The van der Waals surface area contributed by atoms with Crippen LogP contribution in [0.15, 0.2) is 91.3 Å². The molecule has 0 saturated carbocycles. The number of aromatic nitrogens is 8. The molecule has 0 amide bonds. The maximum Gasteiger partial charge on any atom is 0.323 e. The molecule has 2 aliphatic heterocycles. The molecular weight excluding hydrogens is 685 g/mol. The van der Waals surface area contributed by atoms with Gasteiger partial charge in [-0.25, -0.2) is 13.8 Å². The fraction of sp³-hybridized carbons (Fsp3) is 0.316. The molecule has 2 aliphatic rings. The Labute approximate surface area is 303 Å². The second kappa shape index (κ2) is 13.4.